The van der Waals surface area contributed by atoms with Gasteiger partial charge >= 0.3 is 6.09 Å². The molecule has 2 aromatic carbocycles. The van der Waals surface area contributed by atoms with Gasteiger partial charge in [0.05, 0.1) is 0 Å². The minimum absolute atomic E-state index is 0.216. The summed E-state index contributed by atoms with van der Waals surface area (Å²) in [4.78, 5) is 38.0. The molecule has 0 unspecified atom stereocenters. The lowest BCUT2D eigenvalue weighted by molar-refractivity contribution is -0.116. The first-order valence-corrected chi connectivity index (χ1v) is 10.1. The number of amides is 3. The molecular formula is C23H27F2N3O4. The summed E-state index contributed by atoms with van der Waals surface area (Å²) in [6.07, 6.45) is -0.549. The largest absolute Gasteiger partial charge is 0.444 e. The number of likely N-dealkylation sites (N-methyl/N-ethyl adjacent to an activating group) is 1. The van der Waals surface area contributed by atoms with Gasteiger partial charge in [0.2, 0.25) is 5.91 Å². The molecule has 7 nitrogen and oxygen atoms in total. The Bertz CT molecular complexity index is 952. The number of nitrogens with one attached hydrogen (secondary N) is 2. The van der Waals surface area contributed by atoms with E-state index in [1.54, 1.807) is 52.0 Å². The van der Waals surface area contributed by atoms with Crippen molar-refractivity contribution in [3.63, 3.8) is 0 Å². The molecule has 9 heteroatoms. The van der Waals surface area contributed by atoms with Gasteiger partial charge in [-0.05, 0) is 57.5 Å². The van der Waals surface area contributed by atoms with Crippen molar-refractivity contribution in [3.8, 4) is 0 Å². The van der Waals surface area contributed by atoms with Crippen LogP contribution in [0.1, 0.15) is 43.6 Å². The lowest BCUT2D eigenvalue weighted by Crippen LogP contribution is -2.38. The number of alkyl carbamates (subject to hydrolysis) is 1. The van der Waals surface area contributed by atoms with Crippen LogP contribution >= 0.6 is 0 Å². The molecule has 0 aliphatic rings. The van der Waals surface area contributed by atoms with E-state index in [1.807, 2.05) is 0 Å². The Hall–Kier alpha value is -3.49. The van der Waals surface area contributed by atoms with Crippen LogP contribution < -0.4 is 10.6 Å². The number of rotatable bonds is 7. The quantitative estimate of drug-likeness (QED) is 0.669. The minimum atomic E-state index is -0.900. The number of carbonyl (C=O) groups is 3. The van der Waals surface area contributed by atoms with Gasteiger partial charge in [-0.1, -0.05) is 18.2 Å². The third-order valence-corrected chi connectivity index (χ3v) is 4.27. The summed E-state index contributed by atoms with van der Waals surface area (Å²) in [5, 5.41) is 4.79. The molecule has 0 atom stereocenters. The predicted molar refractivity (Wildman–Crippen MR) is 116 cm³/mol. The van der Waals surface area contributed by atoms with Crippen LogP contribution in [0.25, 0.3) is 0 Å². The summed E-state index contributed by atoms with van der Waals surface area (Å²) in [5.41, 5.74) is -0.0716. The Kier molecular flexibility index (Phi) is 8.28. The van der Waals surface area contributed by atoms with Crippen LogP contribution in [0, 0.1) is 11.6 Å². The first kappa shape index (κ1) is 24.8. The Morgan fingerprint density at radius 1 is 1.00 bits per heavy atom. The maximum absolute atomic E-state index is 13.7. The monoisotopic (exact) mass is 447 g/mol. The summed E-state index contributed by atoms with van der Waals surface area (Å²) < 4.78 is 32.6. The van der Waals surface area contributed by atoms with Crippen molar-refractivity contribution in [2.24, 2.45) is 0 Å². The first-order valence-electron chi connectivity index (χ1n) is 10.1. The van der Waals surface area contributed by atoms with E-state index in [0.717, 1.165) is 17.7 Å². The Morgan fingerprint density at radius 3 is 2.12 bits per heavy atom. The van der Waals surface area contributed by atoms with Gasteiger partial charge in [0, 0.05) is 18.7 Å². The lowest BCUT2D eigenvalue weighted by atomic mass is 10.1. The van der Waals surface area contributed by atoms with E-state index in [4.69, 9.17) is 4.74 Å². The van der Waals surface area contributed by atoms with Crippen molar-refractivity contribution in [1.82, 2.24) is 10.2 Å². The topological polar surface area (TPSA) is 87.7 Å². The molecule has 0 aliphatic heterocycles. The molecule has 0 bridgehead atoms. The zero-order valence-corrected chi connectivity index (χ0v) is 18.5. The highest BCUT2D eigenvalue weighted by Gasteiger charge is 2.20. The van der Waals surface area contributed by atoms with E-state index >= 15 is 0 Å². The van der Waals surface area contributed by atoms with Crippen LogP contribution in [-0.2, 0) is 16.1 Å². The van der Waals surface area contributed by atoms with Gasteiger partial charge in [-0.25, -0.2) is 13.6 Å². The van der Waals surface area contributed by atoms with E-state index in [1.165, 1.54) is 11.0 Å². The zero-order valence-electron chi connectivity index (χ0n) is 18.5. The second-order valence-corrected chi connectivity index (χ2v) is 8.02. The van der Waals surface area contributed by atoms with E-state index in [0.29, 0.717) is 5.56 Å². The summed E-state index contributed by atoms with van der Waals surface area (Å²) in [6, 6.07) is 9.74. The second-order valence-electron chi connectivity index (χ2n) is 8.02. The van der Waals surface area contributed by atoms with Gasteiger partial charge < -0.3 is 20.3 Å². The number of para-hydroxylation sites is 1. The van der Waals surface area contributed by atoms with Crippen LogP contribution in [-0.4, -0.2) is 41.5 Å². The fourth-order valence-corrected chi connectivity index (χ4v) is 2.73. The number of hydrogen-bond acceptors (Lipinski definition) is 4. The van der Waals surface area contributed by atoms with Crippen LogP contribution in [0.2, 0.25) is 0 Å². The molecule has 0 saturated carbocycles. The van der Waals surface area contributed by atoms with Crippen molar-refractivity contribution in [2.45, 2.75) is 39.8 Å². The fourth-order valence-electron chi connectivity index (χ4n) is 2.73. The highest BCUT2D eigenvalue weighted by Crippen LogP contribution is 2.18. The number of hydrogen-bond donors (Lipinski definition) is 2. The van der Waals surface area contributed by atoms with Crippen LogP contribution in [0.5, 0.6) is 0 Å². The average molecular weight is 447 g/mol. The first-order chi connectivity index (χ1) is 15.0. The van der Waals surface area contributed by atoms with Gasteiger partial charge in [-0.2, -0.15) is 0 Å². The molecule has 3 amide bonds. The van der Waals surface area contributed by atoms with Crippen molar-refractivity contribution in [1.29, 1.82) is 0 Å². The van der Waals surface area contributed by atoms with E-state index in [9.17, 15) is 23.2 Å². The minimum Gasteiger partial charge on any atom is -0.444 e. The van der Waals surface area contributed by atoms with Gasteiger partial charge in [-0.15, -0.1) is 0 Å². The zero-order chi connectivity index (χ0) is 23.9. The molecular weight excluding hydrogens is 420 g/mol. The highest BCUT2D eigenvalue weighted by atomic mass is 19.1. The molecule has 0 saturated heterocycles. The van der Waals surface area contributed by atoms with Crippen molar-refractivity contribution >= 4 is 23.6 Å². The van der Waals surface area contributed by atoms with Gasteiger partial charge in [-0.3, -0.25) is 9.59 Å². The maximum atomic E-state index is 13.7. The van der Waals surface area contributed by atoms with Crippen molar-refractivity contribution < 1.29 is 27.9 Å². The third kappa shape index (κ3) is 7.33. The summed E-state index contributed by atoms with van der Waals surface area (Å²) in [7, 11) is 0. The predicted octanol–water partition coefficient (Wildman–Crippen LogP) is 4.09. The number of ether oxygens (including phenoxy) is 1. The van der Waals surface area contributed by atoms with E-state index < -0.39 is 40.8 Å². The number of nitrogens with zero attached hydrogens (tertiary/aromatic N) is 1. The number of anilines is 1. The number of carbonyl (C=O) groups excluding carboxylic acids is 3. The van der Waals surface area contributed by atoms with E-state index in [2.05, 4.69) is 10.6 Å². The molecule has 172 valence electrons. The molecule has 0 heterocycles. The summed E-state index contributed by atoms with van der Waals surface area (Å²) >= 11 is 0. The fraction of sp³-hybridized carbons (Fsp3) is 0.348. The van der Waals surface area contributed by atoms with Crippen molar-refractivity contribution in [3.05, 3.63) is 65.2 Å². The number of benzene rings is 2. The SMILES string of the molecule is CCN(CC(=O)Nc1c(F)cccc1F)C(=O)c1ccc(CNC(=O)OC(C)(C)C)cc1. The van der Waals surface area contributed by atoms with Crippen LogP contribution in [0.15, 0.2) is 42.5 Å². The Balaban J connectivity index is 1.96. The normalized spacial score (nSPS) is 10.9. The van der Waals surface area contributed by atoms with E-state index in [-0.39, 0.29) is 19.6 Å². The molecule has 2 rings (SSSR count). The summed E-state index contributed by atoms with van der Waals surface area (Å²) in [6.45, 7) is 7.04. The number of halogens is 2. The smallest absolute Gasteiger partial charge is 0.407 e. The summed E-state index contributed by atoms with van der Waals surface area (Å²) in [5.74, 6) is -2.93. The van der Waals surface area contributed by atoms with Crippen LogP contribution in [0.4, 0.5) is 19.3 Å². The molecule has 0 fully saturated rings. The molecule has 0 radical (unpaired) electrons. The molecule has 32 heavy (non-hydrogen) atoms. The van der Waals surface area contributed by atoms with Crippen LogP contribution in [0.3, 0.4) is 0 Å². The molecule has 2 N–H and O–H groups in total. The Morgan fingerprint density at radius 2 is 1.59 bits per heavy atom. The van der Waals surface area contributed by atoms with Gasteiger partial charge in [0.15, 0.2) is 0 Å². The standard InChI is InChI=1S/C23H27F2N3O4/c1-5-28(14-19(29)27-20-17(24)7-6-8-18(20)25)21(30)16-11-9-15(10-12-16)13-26-22(31)32-23(2,3)4/h6-12H,5,13-14H2,1-4H3,(H,26,31)(H,27,29). The van der Waals surface area contributed by atoms with Gasteiger partial charge in [0.1, 0.15) is 29.5 Å². The molecule has 0 aliphatic carbocycles. The molecule has 0 aromatic heterocycles. The van der Waals surface area contributed by atoms with Gasteiger partial charge in [0.25, 0.3) is 5.91 Å². The van der Waals surface area contributed by atoms with Crippen molar-refractivity contribution in [2.75, 3.05) is 18.4 Å². The average Bonchev–Trinajstić information content (AvgIpc) is 2.72. The molecule has 2 aromatic rings. The maximum Gasteiger partial charge on any atom is 0.407 e. The Labute approximate surface area is 185 Å². The third-order valence-electron chi connectivity index (χ3n) is 4.27. The highest BCUT2D eigenvalue weighted by molar-refractivity contribution is 5.99. The molecule has 0 spiro atoms. The second kappa shape index (κ2) is 10.7. The lowest BCUT2D eigenvalue weighted by Gasteiger charge is -2.21.